The smallest absolute Gasteiger partial charge is 0.258 e. The predicted molar refractivity (Wildman–Crippen MR) is 115 cm³/mol. The van der Waals surface area contributed by atoms with Crippen LogP contribution in [0.5, 0.6) is 11.5 Å². The molecule has 28 heavy (non-hydrogen) atoms. The van der Waals surface area contributed by atoms with Gasteiger partial charge in [0.1, 0.15) is 0 Å². The zero-order chi connectivity index (χ0) is 19.8. The van der Waals surface area contributed by atoms with Crippen molar-refractivity contribution in [3.63, 3.8) is 0 Å². The van der Waals surface area contributed by atoms with Gasteiger partial charge in [0.25, 0.3) is 5.56 Å². The number of aromatic nitrogens is 1. The lowest BCUT2D eigenvalue weighted by molar-refractivity contribution is 0.356. The van der Waals surface area contributed by atoms with Gasteiger partial charge in [0.15, 0.2) is 11.5 Å². The molecular weight excluding hydrogens is 352 g/mol. The molecule has 0 saturated carbocycles. The fraction of sp³-hybridized carbons (Fsp3) is 0.261. The quantitative estimate of drug-likeness (QED) is 0.496. The number of benzene rings is 3. The molecule has 0 aliphatic heterocycles. The van der Waals surface area contributed by atoms with E-state index >= 15 is 0 Å². The highest BCUT2D eigenvalue weighted by Gasteiger charge is 2.15. The van der Waals surface area contributed by atoms with Gasteiger partial charge in [-0.25, -0.2) is 0 Å². The van der Waals surface area contributed by atoms with E-state index in [-0.39, 0.29) is 5.56 Å². The molecule has 0 bridgehead atoms. The molecule has 0 N–H and O–H groups in total. The first-order valence-corrected chi connectivity index (χ1v) is 9.30. The summed E-state index contributed by atoms with van der Waals surface area (Å²) in [4.78, 5) is 15.5. The molecule has 144 valence electrons. The van der Waals surface area contributed by atoms with Crippen LogP contribution in [0.3, 0.4) is 0 Å². The lowest BCUT2D eigenvalue weighted by Gasteiger charge is -2.18. The van der Waals surface area contributed by atoms with E-state index in [2.05, 4.69) is 17.0 Å². The Morgan fingerprint density at radius 1 is 0.857 bits per heavy atom. The fourth-order valence-corrected chi connectivity index (χ4v) is 3.81. The summed E-state index contributed by atoms with van der Waals surface area (Å²) in [6.45, 7) is 1.39. The van der Waals surface area contributed by atoms with Crippen molar-refractivity contribution >= 4 is 32.4 Å². The van der Waals surface area contributed by atoms with Gasteiger partial charge in [-0.05, 0) is 43.1 Å². The number of likely N-dealkylation sites (N-methyl/N-ethyl adjacent to an activating group) is 1. The molecule has 0 aliphatic rings. The van der Waals surface area contributed by atoms with E-state index < -0.39 is 0 Å². The minimum Gasteiger partial charge on any atom is -0.493 e. The number of rotatable bonds is 5. The van der Waals surface area contributed by atoms with Crippen LogP contribution in [-0.2, 0) is 6.54 Å². The van der Waals surface area contributed by atoms with Crippen molar-refractivity contribution in [2.24, 2.45) is 0 Å². The van der Waals surface area contributed by atoms with Crippen molar-refractivity contribution in [3.05, 3.63) is 58.9 Å². The summed E-state index contributed by atoms with van der Waals surface area (Å²) < 4.78 is 12.9. The Morgan fingerprint density at radius 3 is 2.21 bits per heavy atom. The third-order valence-corrected chi connectivity index (χ3v) is 5.23. The van der Waals surface area contributed by atoms with Crippen LogP contribution in [0.2, 0.25) is 0 Å². The molecule has 0 radical (unpaired) electrons. The average Bonchev–Trinajstić information content (AvgIpc) is 2.72. The summed E-state index contributed by atoms with van der Waals surface area (Å²) in [6, 6.07) is 15.9. The summed E-state index contributed by atoms with van der Waals surface area (Å²) in [5.41, 5.74) is 0.969. The van der Waals surface area contributed by atoms with Crippen molar-refractivity contribution in [1.29, 1.82) is 0 Å². The van der Waals surface area contributed by atoms with Crippen molar-refractivity contribution in [2.45, 2.75) is 6.54 Å². The Kier molecular flexibility index (Phi) is 4.69. The molecule has 0 aliphatic carbocycles. The molecule has 5 heteroatoms. The van der Waals surface area contributed by atoms with E-state index in [1.807, 2.05) is 55.1 Å². The van der Waals surface area contributed by atoms with E-state index in [1.165, 1.54) is 0 Å². The summed E-state index contributed by atoms with van der Waals surface area (Å²) in [6.07, 6.45) is 0. The SMILES string of the molecule is COc1cc2ccc3c4ccccc4c(=O)n(CCN(C)C)c3c2cc1OC. The van der Waals surface area contributed by atoms with Gasteiger partial charge in [0.05, 0.1) is 19.7 Å². The lowest BCUT2D eigenvalue weighted by atomic mass is 10.0. The predicted octanol–water partition coefficient (Wildman–Crippen LogP) is 3.89. The average molecular weight is 376 g/mol. The Balaban J connectivity index is 2.19. The number of pyridine rings is 1. The number of ether oxygens (including phenoxy) is 2. The molecule has 0 amide bonds. The van der Waals surface area contributed by atoms with E-state index in [0.29, 0.717) is 18.0 Å². The second-order valence-electron chi connectivity index (χ2n) is 7.20. The maximum atomic E-state index is 13.4. The molecule has 0 saturated heterocycles. The van der Waals surface area contributed by atoms with Crippen molar-refractivity contribution in [2.75, 3.05) is 34.9 Å². The van der Waals surface area contributed by atoms with Gasteiger partial charge in [-0.1, -0.05) is 30.3 Å². The number of hydrogen-bond donors (Lipinski definition) is 0. The van der Waals surface area contributed by atoms with Gasteiger partial charge in [-0.2, -0.15) is 0 Å². The Morgan fingerprint density at radius 2 is 1.54 bits per heavy atom. The van der Waals surface area contributed by atoms with Crippen LogP contribution in [0, 0.1) is 0 Å². The van der Waals surface area contributed by atoms with Gasteiger partial charge >= 0.3 is 0 Å². The van der Waals surface area contributed by atoms with Gasteiger partial charge in [0, 0.05) is 29.2 Å². The second kappa shape index (κ2) is 7.17. The Labute approximate surface area is 163 Å². The molecule has 1 aromatic heterocycles. The zero-order valence-electron chi connectivity index (χ0n) is 16.7. The maximum Gasteiger partial charge on any atom is 0.258 e. The normalized spacial score (nSPS) is 11.6. The van der Waals surface area contributed by atoms with E-state index in [0.717, 1.165) is 39.0 Å². The van der Waals surface area contributed by atoms with Crippen LogP contribution < -0.4 is 15.0 Å². The van der Waals surface area contributed by atoms with Crippen LogP contribution >= 0.6 is 0 Å². The Hall–Kier alpha value is -3.05. The topological polar surface area (TPSA) is 43.7 Å². The molecule has 0 atom stereocenters. The molecule has 3 aromatic carbocycles. The monoisotopic (exact) mass is 376 g/mol. The van der Waals surface area contributed by atoms with E-state index in [1.54, 1.807) is 14.2 Å². The molecular formula is C23H24N2O3. The molecule has 4 rings (SSSR count). The minimum atomic E-state index is 0.0345. The third-order valence-electron chi connectivity index (χ3n) is 5.23. The van der Waals surface area contributed by atoms with Gasteiger partial charge in [-0.15, -0.1) is 0 Å². The summed E-state index contributed by atoms with van der Waals surface area (Å²) in [7, 11) is 7.29. The molecule has 5 nitrogen and oxygen atoms in total. The molecule has 0 fully saturated rings. The van der Waals surface area contributed by atoms with E-state index in [9.17, 15) is 4.79 Å². The molecule has 4 aromatic rings. The highest BCUT2D eigenvalue weighted by Crippen LogP contribution is 2.36. The van der Waals surface area contributed by atoms with Crippen LogP contribution in [0.4, 0.5) is 0 Å². The van der Waals surface area contributed by atoms with Gasteiger partial charge in [0.2, 0.25) is 0 Å². The van der Waals surface area contributed by atoms with Gasteiger partial charge in [-0.3, -0.25) is 4.79 Å². The van der Waals surface area contributed by atoms with Gasteiger partial charge < -0.3 is 18.9 Å². The highest BCUT2D eigenvalue weighted by atomic mass is 16.5. The summed E-state index contributed by atoms with van der Waals surface area (Å²) in [5, 5.41) is 4.78. The lowest BCUT2D eigenvalue weighted by Crippen LogP contribution is -2.27. The van der Waals surface area contributed by atoms with Crippen LogP contribution in [0.15, 0.2) is 53.3 Å². The standard InChI is InChI=1S/C23H24N2O3/c1-24(2)11-12-25-22-17(16-7-5-6-8-18(16)23(25)26)10-9-15-13-20(27-3)21(28-4)14-19(15)22/h5-10,13-14H,11-12H2,1-4H3. The summed E-state index contributed by atoms with van der Waals surface area (Å²) >= 11 is 0. The zero-order valence-corrected chi connectivity index (χ0v) is 16.7. The molecule has 0 unspecified atom stereocenters. The number of nitrogens with zero attached hydrogens (tertiary/aromatic N) is 2. The van der Waals surface area contributed by atoms with Crippen LogP contribution in [0.25, 0.3) is 32.4 Å². The van der Waals surface area contributed by atoms with Crippen LogP contribution in [-0.4, -0.2) is 44.3 Å². The van der Waals surface area contributed by atoms with E-state index in [4.69, 9.17) is 9.47 Å². The van der Waals surface area contributed by atoms with Crippen LogP contribution in [0.1, 0.15) is 0 Å². The molecule has 1 heterocycles. The highest BCUT2D eigenvalue weighted by molar-refractivity contribution is 6.15. The minimum absolute atomic E-state index is 0.0345. The maximum absolute atomic E-state index is 13.4. The van der Waals surface area contributed by atoms with Crippen molar-refractivity contribution < 1.29 is 9.47 Å². The first-order valence-electron chi connectivity index (χ1n) is 9.30. The first kappa shape index (κ1) is 18.3. The Bertz CT molecular complexity index is 1240. The number of fused-ring (bicyclic) bond motifs is 5. The summed E-state index contributed by atoms with van der Waals surface area (Å²) in [5.74, 6) is 1.33. The third kappa shape index (κ3) is 2.88. The first-order chi connectivity index (χ1) is 13.5. The largest absolute Gasteiger partial charge is 0.493 e. The second-order valence-corrected chi connectivity index (χ2v) is 7.20. The number of methoxy groups -OCH3 is 2. The molecule has 0 spiro atoms. The fourth-order valence-electron chi connectivity index (χ4n) is 3.81. The number of hydrogen-bond acceptors (Lipinski definition) is 4. The van der Waals surface area contributed by atoms with Crippen molar-refractivity contribution in [1.82, 2.24) is 9.47 Å². The van der Waals surface area contributed by atoms with Crippen molar-refractivity contribution in [3.8, 4) is 11.5 Å².